The van der Waals surface area contributed by atoms with Crippen LogP contribution in [0.2, 0.25) is 0 Å². The zero-order valence-electron chi connectivity index (χ0n) is 10.3. The summed E-state index contributed by atoms with van der Waals surface area (Å²) >= 11 is 0. The molecule has 6 nitrogen and oxygen atoms in total. The Labute approximate surface area is 106 Å². The van der Waals surface area contributed by atoms with Crippen molar-refractivity contribution in [2.75, 3.05) is 5.32 Å². The molecule has 0 heterocycles. The number of rotatable bonds is 4. The van der Waals surface area contributed by atoms with Gasteiger partial charge in [0.1, 0.15) is 0 Å². The van der Waals surface area contributed by atoms with Crippen LogP contribution in [0.25, 0.3) is 0 Å². The van der Waals surface area contributed by atoms with Gasteiger partial charge in [-0.1, -0.05) is 19.9 Å². The van der Waals surface area contributed by atoms with E-state index >= 15 is 0 Å². The van der Waals surface area contributed by atoms with E-state index in [0.29, 0.717) is 5.69 Å². The third-order valence-corrected chi connectivity index (χ3v) is 3.36. The van der Waals surface area contributed by atoms with Crippen LogP contribution in [0.15, 0.2) is 29.2 Å². The highest BCUT2D eigenvalue weighted by Gasteiger charge is 2.17. The van der Waals surface area contributed by atoms with Crippen molar-refractivity contribution in [1.29, 1.82) is 0 Å². The molecule has 0 fully saturated rings. The second-order valence-corrected chi connectivity index (χ2v) is 5.89. The van der Waals surface area contributed by atoms with E-state index in [4.69, 9.17) is 10.9 Å². The largest absolute Gasteiger partial charge is 0.325 e. The highest BCUT2D eigenvalue weighted by atomic mass is 32.2. The van der Waals surface area contributed by atoms with Crippen LogP contribution >= 0.6 is 0 Å². The highest BCUT2D eigenvalue weighted by Crippen LogP contribution is 2.14. The summed E-state index contributed by atoms with van der Waals surface area (Å²) in [5, 5.41) is 7.55. The summed E-state index contributed by atoms with van der Waals surface area (Å²) in [6, 6.07) is 5.06. The zero-order valence-corrected chi connectivity index (χ0v) is 11.1. The Morgan fingerprint density at radius 2 is 1.94 bits per heavy atom. The van der Waals surface area contributed by atoms with Gasteiger partial charge in [-0.25, -0.2) is 13.6 Å². The van der Waals surface area contributed by atoms with Gasteiger partial charge in [-0.05, 0) is 24.1 Å². The number of primary sulfonamides is 1. The number of carbonyl (C=O) groups is 1. The van der Waals surface area contributed by atoms with Crippen molar-refractivity contribution in [2.24, 2.45) is 16.8 Å². The molecule has 0 saturated heterocycles. The van der Waals surface area contributed by atoms with Gasteiger partial charge in [-0.3, -0.25) is 4.79 Å². The Balaban J connectivity index is 2.90. The van der Waals surface area contributed by atoms with E-state index in [-0.39, 0.29) is 16.7 Å². The lowest BCUT2D eigenvalue weighted by Gasteiger charge is -2.15. The molecule has 5 N–H and O–H groups in total. The first-order chi connectivity index (χ1) is 8.21. The molecular formula is C11H17N3O3S. The van der Waals surface area contributed by atoms with Gasteiger partial charge in [0.15, 0.2) is 0 Å². The zero-order chi connectivity index (χ0) is 13.9. The molecule has 7 heteroatoms. The van der Waals surface area contributed by atoms with E-state index in [9.17, 15) is 13.2 Å². The van der Waals surface area contributed by atoms with Crippen molar-refractivity contribution in [3.63, 3.8) is 0 Å². The van der Waals surface area contributed by atoms with Gasteiger partial charge in [0.2, 0.25) is 15.9 Å². The second-order valence-electron chi connectivity index (χ2n) is 4.33. The molecule has 1 aromatic carbocycles. The molecule has 1 atom stereocenters. The van der Waals surface area contributed by atoms with Crippen molar-refractivity contribution >= 4 is 21.6 Å². The van der Waals surface area contributed by atoms with Gasteiger partial charge in [0.25, 0.3) is 0 Å². The molecule has 1 aromatic rings. The maximum Gasteiger partial charge on any atom is 0.241 e. The molecule has 0 aliphatic carbocycles. The van der Waals surface area contributed by atoms with E-state index in [2.05, 4.69) is 5.32 Å². The highest BCUT2D eigenvalue weighted by molar-refractivity contribution is 7.89. The molecule has 0 saturated carbocycles. The molecular weight excluding hydrogens is 254 g/mol. The van der Waals surface area contributed by atoms with Gasteiger partial charge < -0.3 is 11.1 Å². The van der Waals surface area contributed by atoms with Crippen molar-refractivity contribution < 1.29 is 13.2 Å². The number of carbonyl (C=O) groups excluding carboxylic acids is 1. The Morgan fingerprint density at radius 3 is 2.44 bits per heavy atom. The monoisotopic (exact) mass is 271 g/mol. The Kier molecular flexibility index (Phi) is 4.44. The van der Waals surface area contributed by atoms with Gasteiger partial charge in [-0.2, -0.15) is 0 Å². The average Bonchev–Trinajstić information content (AvgIpc) is 2.27. The fourth-order valence-electron chi connectivity index (χ4n) is 1.28. The molecule has 100 valence electrons. The van der Waals surface area contributed by atoms with Crippen LogP contribution in [0.1, 0.15) is 13.8 Å². The smallest absolute Gasteiger partial charge is 0.241 e. The average molecular weight is 271 g/mol. The lowest BCUT2D eigenvalue weighted by Crippen LogP contribution is -2.39. The Hall–Kier alpha value is -1.44. The number of benzene rings is 1. The molecule has 0 aliphatic rings. The van der Waals surface area contributed by atoms with Crippen LogP contribution in [0.5, 0.6) is 0 Å². The van der Waals surface area contributed by atoms with Gasteiger partial charge >= 0.3 is 0 Å². The molecule has 0 aromatic heterocycles. The van der Waals surface area contributed by atoms with E-state index < -0.39 is 16.1 Å². The third-order valence-electron chi connectivity index (χ3n) is 2.45. The Bertz CT molecular complexity index is 540. The topological polar surface area (TPSA) is 115 Å². The third kappa shape index (κ3) is 3.80. The maximum atomic E-state index is 11.7. The summed E-state index contributed by atoms with van der Waals surface area (Å²) in [6.07, 6.45) is 0. The fourth-order valence-corrected chi connectivity index (χ4v) is 1.84. The number of amides is 1. The van der Waals surface area contributed by atoms with Gasteiger partial charge in [0.05, 0.1) is 10.9 Å². The summed E-state index contributed by atoms with van der Waals surface area (Å²) in [4.78, 5) is 11.6. The minimum atomic E-state index is -3.78. The normalized spacial score (nSPS) is 13.4. The first kappa shape index (κ1) is 14.6. The quantitative estimate of drug-likeness (QED) is 0.728. The molecule has 1 amide bonds. The number of sulfonamides is 1. The first-order valence-corrected chi connectivity index (χ1v) is 6.96. The van der Waals surface area contributed by atoms with Gasteiger partial charge in [0, 0.05) is 5.69 Å². The summed E-state index contributed by atoms with van der Waals surface area (Å²) in [5.74, 6) is -0.372. The summed E-state index contributed by atoms with van der Waals surface area (Å²) in [5.41, 5.74) is 6.03. The van der Waals surface area contributed by atoms with Crippen molar-refractivity contribution in [3.05, 3.63) is 24.3 Å². The minimum absolute atomic E-state index is 0.00794. The SMILES string of the molecule is CC(C)[C@H](N)C(=O)Nc1cccc(S(N)(=O)=O)c1. The summed E-state index contributed by atoms with van der Waals surface area (Å²) < 4.78 is 22.3. The first-order valence-electron chi connectivity index (χ1n) is 5.41. The van der Waals surface area contributed by atoms with Crippen LogP contribution in [0, 0.1) is 5.92 Å². The van der Waals surface area contributed by atoms with E-state index in [1.165, 1.54) is 18.2 Å². The minimum Gasteiger partial charge on any atom is -0.325 e. The van der Waals surface area contributed by atoms with Crippen molar-refractivity contribution in [3.8, 4) is 0 Å². The fraction of sp³-hybridized carbons (Fsp3) is 0.364. The molecule has 0 spiro atoms. The van der Waals surface area contributed by atoms with Crippen LogP contribution in [-0.2, 0) is 14.8 Å². The lowest BCUT2D eigenvalue weighted by atomic mass is 10.1. The Morgan fingerprint density at radius 1 is 1.33 bits per heavy atom. The van der Waals surface area contributed by atoms with Crippen LogP contribution in [0.4, 0.5) is 5.69 Å². The number of nitrogens with two attached hydrogens (primary N) is 2. The number of anilines is 1. The number of hydrogen-bond donors (Lipinski definition) is 3. The van der Waals surface area contributed by atoms with Crippen molar-refractivity contribution in [2.45, 2.75) is 24.8 Å². The number of nitrogens with one attached hydrogen (secondary N) is 1. The summed E-state index contributed by atoms with van der Waals surface area (Å²) in [6.45, 7) is 3.65. The molecule has 18 heavy (non-hydrogen) atoms. The van der Waals surface area contributed by atoms with E-state index in [0.717, 1.165) is 0 Å². The maximum absolute atomic E-state index is 11.7. The second kappa shape index (κ2) is 5.47. The molecule has 0 bridgehead atoms. The predicted octanol–water partition coefficient (Wildman–Crippen LogP) is 0.256. The summed E-state index contributed by atoms with van der Waals surface area (Å²) in [7, 11) is -3.78. The standard InChI is InChI=1S/C11H17N3O3S/c1-7(2)10(12)11(15)14-8-4-3-5-9(6-8)18(13,16)17/h3-7,10H,12H2,1-2H3,(H,14,15)(H2,13,16,17)/t10-/m0/s1. The van der Waals surface area contributed by atoms with E-state index in [1.807, 2.05) is 13.8 Å². The number of hydrogen-bond acceptors (Lipinski definition) is 4. The molecule has 0 aliphatic heterocycles. The lowest BCUT2D eigenvalue weighted by molar-refractivity contribution is -0.118. The van der Waals surface area contributed by atoms with Crippen LogP contribution < -0.4 is 16.2 Å². The predicted molar refractivity (Wildman–Crippen MR) is 69.3 cm³/mol. The molecule has 1 rings (SSSR count). The van der Waals surface area contributed by atoms with Crippen LogP contribution in [-0.4, -0.2) is 20.4 Å². The van der Waals surface area contributed by atoms with Crippen LogP contribution in [0.3, 0.4) is 0 Å². The molecule has 0 radical (unpaired) electrons. The van der Waals surface area contributed by atoms with Crippen molar-refractivity contribution in [1.82, 2.24) is 0 Å². The van der Waals surface area contributed by atoms with Gasteiger partial charge in [-0.15, -0.1) is 0 Å². The van der Waals surface area contributed by atoms with E-state index in [1.54, 1.807) is 6.07 Å². The molecule has 0 unspecified atom stereocenters.